The summed E-state index contributed by atoms with van der Waals surface area (Å²) >= 11 is 0. The Morgan fingerprint density at radius 3 is 2.76 bits per heavy atom. The molecule has 0 saturated carbocycles. The number of nitrogens with one attached hydrogen (secondary N) is 1. The summed E-state index contributed by atoms with van der Waals surface area (Å²) in [7, 11) is 1.59. The lowest BCUT2D eigenvalue weighted by molar-refractivity contribution is 0.0696. The van der Waals surface area contributed by atoms with E-state index in [-0.39, 0.29) is 11.6 Å². The van der Waals surface area contributed by atoms with Gasteiger partial charge in [0.2, 0.25) is 0 Å². The highest BCUT2D eigenvalue weighted by Gasteiger charge is 2.20. The minimum atomic E-state index is -0.940. The van der Waals surface area contributed by atoms with Gasteiger partial charge < -0.3 is 15.3 Å². The number of carboxylic acid groups (broad SMARTS) is 1. The number of carboxylic acids is 1. The predicted molar refractivity (Wildman–Crippen MR) is 62.0 cm³/mol. The minimum Gasteiger partial charge on any atom is -0.478 e. The van der Waals surface area contributed by atoms with Crippen molar-refractivity contribution in [3.8, 4) is 0 Å². The topological polar surface area (TPSA) is 69.6 Å². The first-order valence-electron chi connectivity index (χ1n) is 5.43. The van der Waals surface area contributed by atoms with Gasteiger partial charge in [-0.2, -0.15) is 0 Å². The van der Waals surface area contributed by atoms with Crippen molar-refractivity contribution in [1.82, 2.24) is 10.2 Å². The molecule has 5 heteroatoms. The van der Waals surface area contributed by atoms with Crippen LogP contribution in [0.3, 0.4) is 0 Å². The van der Waals surface area contributed by atoms with Crippen LogP contribution in [0.15, 0.2) is 18.2 Å². The van der Waals surface area contributed by atoms with E-state index >= 15 is 0 Å². The van der Waals surface area contributed by atoms with Gasteiger partial charge in [-0.3, -0.25) is 0 Å². The van der Waals surface area contributed by atoms with Crippen LogP contribution in [0.25, 0.3) is 0 Å². The van der Waals surface area contributed by atoms with Crippen molar-refractivity contribution < 1.29 is 14.7 Å². The second-order valence-corrected chi connectivity index (χ2v) is 4.02. The summed E-state index contributed by atoms with van der Waals surface area (Å²) in [6.45, 7) is 1.13. The summed E-state index contributed by atoms with van der Waals surface area (Å²) in [6.07, 6.45) is 0.767. The number of rotatable bonds is 1. The Morgan fingerprint density at radius 2 is 2.12 bits per heavy atom. The molecule has 0 unspecified atom stereocenters. The third-order valence-electron chi connectivity index (χ3n) is 2.97. The van der Waals surface area contributed by atoms with E-state index < -0.39 is 5.97 Å². The maximum absolute atomic E-state index is 11.5. The highest BCUT2D eigenvalue weighted by Crippen LogP contribution is 2.20. The van der Waals surface area contributed by atoms with E-state index in [0.717, 1.165) is 17.5 Å². The van der Waals surface area contributed by atoms with Crippen LogP contribution in [0, 0.1) is 0 Å². The average molecular weight is 234 g/mol. The number of fused-ring (bicyclic) bond motifs is 1. The Balaban J connectivity index is 2.26. The normalized spacial score (nSPS) is 14.1. The van der Waals surface area contributed by atoms with Gasteiger partial charge in [0.1, 0.15) is 0 Å². The monoisotopic (exact) mass is 234 g/mol. The first-order chi connectivity index (χ1) is 8.11. The fraction of sp³-hybridized carbons (Fsp3) is 0.333. The molecule has 0 aromatic heterocycles. The van der Waals surface area contributed by atoms with Crippen molar-refractivity contribution in [3.05, 3.63) is 34.9 Å². The number of carbonyl (C=O) groups excluding carboxylic acids is 1. The number of amides is 2. The first-order valence-corrected chi connectivity index (χ1v) is 5.43. The molecular formula is C12H14N2O3. The standard InChI is InChI=1S/C12H14N2O3/c1-13-12(17)14-5-4-8-2-3-9(11(15)16)6-10(8)7-14/h2-3,6H,4-5,7H2,1H3,(H,13,17)(H,15,16). The quantitative estimate of drug-likeness (QED) is 0.764. The highest BCUT2D eigenvalue weighted by atomic mass is 16.4. The molecule has 0 bridgehead atoms. The fourth-order valence-electron chi connectivity index (χ4n) is 2.02. The van der Waals surface area contributed by atoms with E-state index in [1.165, 1.54) is 0 Å². The molecule has 17 heavy (non-hydrogen) atoms. The third-order valence-corrected chi connectivity index (χ3v) is 2.97. The molecule has 1 heterocycles. The van der Waals surface area contributed by atoms with Crippen molar-refractivity contribution in [2.75, 3.05) is 13.6 Å². The minimum absolute atomic E-state index is 0.128. The number of carbonyl (C=O) groups is 2. The van der Waals surface area contributed by atoms with Crippen LogP contribution >= 0.6 is 0 Å². The van der Waals surface area contributed by atoms with Gasteiger partial charge in [-0.25, -0.2) is 9.59 Å². The lowest BCUT2D eigenvalue weighted by Gasteiger charge is -2.28. The summed E-state index contributed by atoms with van der Waals surface area (Å²) < 4.78 is 0. The maximum atomic E-state index is 11.5. The zero-order valence-corrected chi connectivity index (χ0v) is 9.56. The average Bonchev–Trinajstić information content (AvgIpc) is 2.36. The van der Waals surface area contributed by atoms with Gasteiger partial charge in [0, 0.05) is 20.1 Å². The van der Waals surface area contributed by atoms with Crippen molar-refractivity contribution in [2.45, 2.75) is 13.0 Å². The van der Waals surface area contributed by atoms with Crippen LogP contribution < -0.4 is 5.32 Å². The van der Waals surface area contributed by atoms with Gasteiger partial charge in [-0.15, -0.1) is 0 Å². The number of nitrogens with zero attached hydrogens (tertiary/aromatic N) is 1. The van der Waals surface area contributed by atoms with E-state index in [0.29, 0.717) is 13.1 Å². The first kappa shape index (κ1) is 11.4. The van der Waals surface area contributed by atoms with Crippen molar-refractivity contribution in [1.29, 1.82) is 0 Å². The van der Waals surface area contributed by atoms with Crippen LogP contribution in [0.2, 0.25) is 0 Å². The molecule has 2 amide bonds. The smallest absolute Gasteiger partial charge is 0.335 e. The van der Waals surface area contributed by atoms with Gasteiger partial charge in [0.05, 0.1) is 5.56 Å². The molecule has 0 fully saturated rings. The highest BCUT2D eigenvalue weighted by molar-refractivity contribution is 5.88. The van der Waals surface area contributed by atoms with Gasteiger partial charge in [0.15, 0.2) is 0 Å². The fourth-order valence-corrected chi connectivity index (χ4v) is 2.02. The van der Waals surface area contributed by atoms with Crippen molar-refractivity contribution in [3.63, 3.8) is 0 Å². The Labute approximate surface area is 99.0 Å². The molecule has 1 aromatic rings. The van der Waals surface area contributed by atoms with Crippen LogP contribution in [0.5, 0.6) is 0 Å². The van der Waals surface area contributed by atoms with Crippen LogP contribution in [-0.2, 0) is 13.0 Å². The lowest BCUT2D eigenvalue weighted by atomic mass is 9.97. The summed E-state index contributed by atoms with van der Waals surface area (Å²) in [5.41, 5.74) is 2.30. The van der Waals surface area contributed by atoms with Crippen LogP contribution in [0.1, 0.15) is 21.5 Å². The molecule has 5 nitrogen and oxygen atoms in total. The third kappa shape index (κ3) is 2.22. The summed E-state index contributed by atoms with van der Waals surface area (Å²) in [5.74, 6) is -0.940. The molecule has 0 atom stereocenters. The van der Waals surface area contributed by atoms with Crippen molar-refractivity contribution in [2.24, 2.45) is 0 Å². The Hall–Kier alpha value is -2.04. The molecule has 90 valence electrons. The number of hydrogen-bond acceptors (Lipinski definition) is 2. The maximum Gasteiger partial charge on any atom is 0.335 e. The predicted octanol–water partition coefficient (Wildman–Crippen LogP) is 1.08. The van der Waals surface area contributed by atoms with E-state index in [9.17, 15) is 9.59 Å². The number of hydrogen-bond donors (Lipinski definition) is 2. The van der Waals surface area contributed by atoms with E-state index in [1.807, 2.05) is 6.07 Å². The van der Waals surface area contributed by atoms with Crippen molar-refractivity contribution >= 4 is 12.0 Å². The second-order valence-electron chi connectivity index (χ2n) is 4.02. The lowest BCUT2D eigenvalue weighted by Crippen LogP contribution is -2.41. The Kier molecular flexibility index (Phi) is 2.99. The van der Waals surface area contributed by atoms with Gasteiger partial charge in [0.25, 0.3) is 0 Å². The SMILES string of the molecule is CNC(=O)N1CCc2ccc(C(=O)O)cc2C1. The second kappa shape index (κ2) is 4.45. The molecule has 1 aromatic carbocycles. The molecule has 0 spiro atoms. The zero-order chi connectivity index (χ0) is 12.4. The summed E-state index contributed by atoms with van der Waals surface area (Å²) in [6, 6.07) is 4.96. The Bertz CT molecular complexity index is 471. The number of urea groups is 1. The largest absolute Gasteiger partial charge is 0.478 e. The molecule has 2 N–H and O–H groups in total. The van der Waals surface area contributed by atoms with Crippen LogP contribution in [-0.4, -0.2) is 35.6 Å². The van der Waals surface area contributed by atoms with Gasteiger partial charge >= 0.3 is 12.0 Å². The van der Waals surface area contributed by atoms with Gasteiger partial charge in [-0.05, 0) is 29.7 Å². The molecule has 0 aliphatic carbocycles. The molecule has 0 radical (unpaired) electrons. The zero-order valence-electron chi connectivity index (χ0n) is 9.56. The van der Waals surface area contributed by atoms with Crippen LogP contribution in [0.4, 0.5) is 4.79 Å². The van der Waals surface area contributed by atoms with E-state index in [2.05, 4.69) is 5.32 Å². The summed E-state index contributed by atoms with van der Waals surface area (Å²) in [4.78, 5) is 24.0. The number of benzene rings is 1. The molecule has 1 aliphatic heterocycles. The summed E-state index contributed by atoms with van der Waals surface area (Å²) in [5, 5.41) is 11.5. The molecule has 1 aliphatic rings. The number of aromatic carboxylic acids is 1. The van der Waals surface area contributed by atoms with E-state index in [4.69, 9.17) is 5.11 Å². The van der Waals surface area contributed by atoms with E-state index in [1.54, 1.807) is 24.1 Å². The van der Waals surface area contributed by atoms with Gasteiger partial charge in [-0.1, -0.05) is 6.07 Å². The molecular weight excluding hydrogens is 220 g/mol. The Morgan fingerprint density at radius 1 is 1.35 bits per heavy atom. The molecule has 2 rings (SSSR count). The molecule has 0 saturated heterocycles.